The van der Waals surface area contributed by atoms with Crippen LogP contribution in [0.2, 0.25) is 0 Å². The van der Waals surface area contributed by atoms with Crippen molar-refractivity contribution in [1.82, 2.24) is 4.98 Å². The van der Waals surface area contributed by atoms with Crippen LogP contribution in [-0.4, -0.2) is 10.1 Å². The molecular formula is C20H19N3OS. The van der Waals surface area contributed by atoms with Crippen molar-refractivity contribution >= 4 is 28.8 Å². The summed E-state index contributed by atoms with van der Waals surface area (Å²) >= 11 is 5.37. The summed E-state index contributed by atoms with van der Waals surface area (Å²) in [6.07, 6.45) is 1.70. The highest BCUT2D eigenvalue weighted by atomic mass is 32.1. The number of aromatic nitrogens is 1. The standard InChI is InChI=1S/C20H19N3OS/c1-15-9-11-17(12-10-15)22-20(25)23-19-18(8-5-13-21-19)24-14-16-6-3-2-4-7-16/h2-13H,14H2,1H3,(H2,21,22,23,25). The van der Waals surface area contributed by atoms with Gasteiger partial charge in [0.25, 0.3) is 0 Å². The first-order valence-corrected chi connectivity index (χ1v) is 8.38. The minimum atomic E-state index is 0.465. The van der Waals surface area contributed by atoms with E-state index in [0.29, 0.717) is 23.3 Å². The van der Waals surface area contributed by atoms with Crippen molar-refractivity contribution in [2.24, 2.45) is 0 Å². The molecule has 2 N–H and O–H groups in total. The van der Waals surface area contributed by atoms with Crippen LogP contribution in [0, 0.1) is 6.92 Å². The zero-order valence-electron chi connectivity index (χ0n) is 13.9. The Hall–Kier alpha value is -2.92. The molecule has 0 saturated heterocycles. The van der Waals surface area contributed by atoms with Crippen molar-refractivity contribution in [3.63, 3.8) is 0 Å². The highest BCUT2D eigenvalue weighted by Gasteiger charge is 2.07. The normalized spacial score (nSPS) is 10.1. The van der Waals surface area contributed by atoms with Crippen molar-refractivity contribution < 1.29 is 4.74 Å². The molecule has 3 rings (SSSR count). The van der Waals surface area contributed by atoms with Gasteiger partial charge in [0.2, 0.25) is 0 Å². The van der Waals surface area contributed by atoms with Gasteiger partial charge in [0.1, 0.15) is 6.61 Å². The van der Waals surface area contributed by atoms with Crippen LogP contribution in [0.15, 0.2) is 72.9 Å². The maximum absolute atomic E-state index is 5.88. The Balaban J connectivity index is 1.63. The Bertz CT molecular complexity index is 835. The highest BCUT2D eigenvalue weighted by molar-refractivity contribution is 7.80. The number of hydrogen-bond acceptors (Lipinski definition) is 3. The number of anilines is 2. The second kappa shape index (κ2) is 8.26. The lowest BCUT2D eigenvalue weighted by molar-refractivity contribution is 0.307. The van der Waals surface area contributed by atoms with Crippen molar-refractivity contribution in [3.8, 4) is 5.75 Å². The molecule has 0 amide bonds. The topological polar surface area (TPSA) is 46.2 Å². The van der Waals surface area contributed by atoms with Gasteiger partial charge in [0, 0.05) is 11.9 Å². The van der Waals surface area contributed by atoms with Gasteiger partial charge in [-0.25, -0.2) is 4.98 Å². The number of thiocarbonyl (C=S) groups is 1. The Kier molecular flexibility index (Phi) is 5.59. The molecule has 126 valence electrons. The number of benzene rings is 2. The fraction of sp³-hybridized carbons (Fsp3) is 0.100. The summed E-state index contributed by atoms with van der Waals surface area (Å²) in [5, 5.41) is 6.70. The molecule has 0 fully saturated rings. The first kappa shape index (κ1) is 16.9. The summed E-state index contributed by atoms with van der Waals surface area (Å²) in [5.41, 5.74) is 3.22. The SMILES string of the molecule is Cc1ccc(NC(=S)Nc2ncccc2OCc2ccccc2)cc1. The number of ether oxygens (including phenoxy) is 1. The summed E-state index contributed by atoms with van der Waals surface area (Å²) < 4.78 is 5.88. The van der Waals surface area contributed by atoms with Crippen molar-refractivity contribution in [1.29, 1.82) is 0 Å². The third-order valence-corrected chi connectivity index (χ3v) is 3.75. The Morgan fingerprint density at radius 2 is 1.72 bits per heavy atom. The number of pyridine rings is 1. The largest absolute Gasteiger partial charge is 0.485 e. The highest BCUT2D eigenvalue weighted by Crippen LogP contribution is 2.22. The average molecular weight is 349 g/mol. The van der Waals surface area contributed by atoms with E-state index in [0.717, 1.165) is 11.3 Å². The fourth-order valence-corrected chi connectivity index (χ4v) is 2.46. The molecule has 25 heavy (non-hydrogen) atoms. The van der Waals surface area contributed by atoms with Gasteiger partial charge in [-0.1, -0.05) is 48.0 Å². The van der Waals surface area contributed by atoms with Crippen LogP contribution in [0.1, 0.15) is 11.1 Å². The monoisotopic (exact) mass is 349 g/mol. The quantitative estimate of drug-likeness (QED) is 0.649. The van der Waals surface area contributed by atoms with Crippen molar-refractivity contribution in [3.05, 3.63) is 84.1 Å². The molecule has 5 heteroatoms. The zero-order valence-corrected chi connectivity index (χ0v) is 14.7. The van der Waals surface area contributed by atoms with Crippen molar-refractivity contribution in [2.75, 3.05) is 10.6 Å². The van der Waals surface area contributed by atoms with Gasteiger partial charge in [-0.15, -0.1) is 0 Å². The number of aryl methyl sites for hydroxylation is 1. The summed E-state index contributed by atoms with van der Waals surface area (Å²) in [4.78, 5) is 4.32. The average Bonchev–Trinajstić information content (AvgIpc) is 2.64. The minimum Gasteiger partial charge on any atom is -0.485 e. The van der Waals surface area contributed by atoms with Crippen LogP contribution in [0.25, 0.3) is 0 Å². The second-order valence-corrected chi connectivity index (χ2v) is 5.98. The lowest BCUT2D eigenvalue weighted by atomic mass is 10.2. The molecule has 3 aromatic rings. The molecular weight excluding hydrogens is 330 g/mol. The molecule has 0 radical (unpaired) electrons. The van der Waals surface area contributed by atoms with Crippen LogP contribution in [0.5, 0.6) is 5.75 Å². The molecule has 1 aromatic heterocycles. The molecule has 4 nitrogen and oxygen atoms in total. The van der Waals surface area contributed by atoms with E-state index in [9.17, 15) is 0 Å². The number of rotatable bonds is 5. The number of nitrogens with zero attached hydrogens (tertiary/aromatic N) is 1. The van der Waals surface area contributed by atoms with Crippen LogP contribution in [-0.2, 0) is 6.61 Å². The predicted octanol–water partition coefficient (Wildman–Crippen LogP) is 4.78. The first-order chi connectivity index (χ1) is 12.2. The van der Waals surface area contributed by atoms with E-state index in [-0.39, 0.29) is 0 Å². The summed E-state index contributed by atoms with van der Waals surface area (Å²) in [6.45, 7) is 2.52. The Morgan fingerprint density at radius 3 is 2.48 bits per heavy atom. The van der Waals surface area contributed by atoms with E-state index in [1.54, 1.807) is 6.20 Å². The first-order valence-electron chi connectivity index (χ1n) is 7.97. The Morgan fingerprint density at radius 1 is 0.960 bits per heavy atom. The van der Waals surface area contributed by atoms with Gasteiger partial charge in [0.15, 0.2) is 16.7 Å². The molecule has 0 atom stereocenters. The second-order valence-electron chi connectivity index (χ2n) is 5.57. The van der Waals surface area contributed by atoms with Gasteiger partial charge < -0.3 is 15.4 Å². The van der Waals surface area contributed by atoms with E-state index in [1.807, 2.05) is 73.7 Å². The molecule has 0 spiro atoms. The van der Waals surface area contributed by atoms with E-state index in [1.165, 1.54) is 5.56 Å². The summed E-state index contributed by atoms with van der Waals surface area (Å²) in [7, 11) is 0. The van der Waals surface area contributed by atoms with Gasteiger partial charge in [-0.3, -0.25) is 0 Å². The van der Waals surface area contributed by atoms with Gasteiger partial charge in [-0.2, -0.15) is 0 Å². The summed E-state index contributed by atoms with van der Waals surface area (Å²) in [6, 6.07) is 21.7. The minimum absolute atomic E-state index is 0.465. The van der Waals surface area contributed by atoms with Crippen LogP contribution < -0.4 is 15.4 Å². The Labute approximate surface area is 152 Å². The van der Waals surface area contributed by atoms with Crippen LogP contribution in [0.3, 0.4) is 0 Å². The lowest BCUT2D eigenvalue weighted by Gasteiger charge is -2.14. The lowest BCUT2D eigenvalue weighted by Crippen LogP contribution is -2.20. The van der Waals surface area contributed by atoms with Gasteiger partial charge >= 0.3 is 0 Å². The van der Waals surface area contributed by atoms with Gasteiger partial charge in [-0.05, 0) is 49.0 Å². The smallest absolute Gasteiger partial charge is 0.176 e. The van der Waals surface area contributed by atoms with Gasteiger partial charge in [0.05, 0.1) is 0 Å². The van der Waals surface area contributed by atoms with Crippen LogP contribution in [0.4, 0.5) is 11.5 Å². The molecule has 0 saturated carbocycles. The number of hydrogen-bond donors (Lipinski definition) is 2. The maximum atomic E-state index is 5.88. The number of nitrogens with one attached hydrogen (secondary N) is 2. The molecule has 0 aliphatic rings. The molecule has 0 unspecified atom stereocenters. The third kappa shape index (κ3) is 5.02. The molecule has 0 bridgehead atoms. The zero-order chi connectivity index (χ0) is 17.5. The van der Waals surface area contributed by atoms with E-state index in [2.05, 4.69) is 15.6 Å². The predicted molar refractivity (Wildman–Crippen MR) is 106 cm³/mol. The maximum Gasteiger partial charge on any atom is 0.176 e. The molecule has 2 aromatic carbocycles. The van der Waals surface area contributed by atoms with Crippen molar-refractivity contribution in [2.45, 2.75) is 13.5 Å². The van der Waals surface area contributed by atoms with E-state index < -0.39 is 0 Å². The third-order valence-electron chi connectivity index (χ3n) is 3.55. The van der Waals surface area contributed by atoms with E-state index >= 15 is 0 Å². The fourth-order valence-electron chi connectivity index (χ4n) is 2.24. The van der Waals surface area contributed by atoms with Crippen LogP contribution >= 0.6 is 12.2 Å². The van der Waals surface area contributed by atoms with E-state index in [4.69, 9.17) is 17.0 Å². The molecule has 0 aliphatic carbocycles. The molecule has 0 aliphatic heterocycles. The molecule has 1 heterocycles. The summed E-state index contributed by atoms with van der Waals surface area (Å²) in [5.74, 6) is 1.24.